The summed E-state index contributed by atoms with van der Waals surface area (Å²) in [7, 11) is 0. The molecule has 21 aromatic carbocycles. The van der Waals surface area contributed by atoms with Crippen molar-refractivity contribution in [3.05, 3.63) is 437 Å². The third kappa shape index (κ3) is 11.1. The Labute approximate surface area is 738 Å². The van der Waals surface area contributed by atoms with Gasteiger partial charge in [0.25, 0.3) is 0 Å². The van der Waals surface area contributed by atoms with Crippen LogP contribution in [0.4, 0.5) is 34.1 Å². The summed E-state index contributed by atoms with van der Waals surface area (Å²) in [6.07, 6.45) is 0. The zero-order valence-electron chi connectivity index (χ0n) is 69.0. The number of fused-ring (bicyclic) bond motifs is 21. The van der Waals surface area contributed by atoms with Crippen LogP contribution in [0.3, 0.4) is 0 Å². The lowest BCUT2D eigenvalue weighted by Crippen LogP contribution is -2.11. The number of hydrogen-bond acceptors (Lipinski definition) is 6. The van der Waals surface area contributed by atoms with Crippen LogP contribution in [0.15, 0.2) is 450 Å². The van der Waals surface area contributed by atoms with Crippen molar-refractivity contribution in [3.63, 3.8) is 0 Å². The molecule has 0 atom stereocenters. The standard InChI is InChI=1S/C120H72N4O3S/c1-2-27-82(28-3-1)121-100-38-15-10-33-95(100)115-103(121)40-21-41-104(115)123(84-58-51-76(52-59-84)86-37-20-26-75-24-6-7-29-85(75)86)108-67-64-89(120-118(108)98-36-14-19-46-111(98)127-120)81-54-61-94-99-70-79(55-68-113(99)128-114(94)72-81)87-62-65-102(91-31-9-8-30-90(87)91)124-101-39-16-11-34-96(101)116-105(42-22-43-106(116)124)122(83-56-49-74(50-57-83)78-48-47-73-23-4-5-25-77(73)69-78)107-66-63-88(119-117(107)97-35-13-18-45-110(97)126-119)80-53-60-93-92-32-12-17-44-109(92)125-112(93)71-80/h1-72H. The largest absolute Gasteiger partial charge is 0.456 e. The number of benzene rings is 21. The molecule has 7 nitrogen and oxygen atoms in total. The van der Waals surface area contributed by atoms with Gasteiger partial charge in [0.1, 0.15) is 33.5 Å². The van der Waals surface area contributed by atoms with Gasteiger partial charge in [-0.05, 0) is 229 Å². The van der Waals surface area contributed by atoms with Crippen molar-refractivity contribution in [2.75, 3.05) is 9.80 Å². The Morgan fingerprint density at radius 1 is 0.203 bits per heavy atom. The number of para-hydroxylation sites is 6. The van der Waals surface area contributed by atoms with Gasteiger partial charge in [-0.25, -0.2) is 0 Å². The van der Waals surface area contributed by atoms with Crippen LogP contribution in [0.5, 0.6) is 0 Å². The second-order valence-corrected chi connectivity index (χ2v) is 34.7. The minimum absolute atomic E-state index is 0.802. The summed E-state index contributed by atoms with van der Waals surface area (Å²) in [5.41, 5.74) is 28.9. The Bertz CT molecular complexity index is 9300. The lowest BCUT2D eigenvalue weighted by atomic mass is 9.95. The Kier molecular flexibility index (Phi) is 15.9. The van der Waals surface area contributed by atoms with E-state index in [4.69, 9.17) is 13.3 Å². The predicted octanol–water partition coefficient (Wildman–Crippen LogP) is 34.7. The maximum Gasteiger partial charge on any atom is 0.145 e. The van der Waals surface area contributed by atoms with Crippen molar-refractivity contribution in [2.24, 2.45) is 0 Å². The summed E-state index contributed by atoms with van der Waals surface area (Å²) in [6, 6.07) is 160. The molecule has 0 radical (unpaired) electrons. The fourth-order valence-electron chi connectivity index (χ4n) is 20.9. The second kappa shape index (κ2) is 28.4. The average molecular weight is 1650 g/mol. The van der Waals surface area contributed by atoms with Crippen molar-refractivity contribution in [1.29, 1.82) is 0 Å². The van der Waals surface area contributed by atoms with Crippen LogP contribution < -0.4 is 9.80 Å². The first-order valence-corrected chi connectivity index (χ1v) is 44.5. The van der Waals surface area contributed by atoms with E-state index >= 15 is 0 Å². The first-order valence-electron chi connectivity index (χ1n) is 43.7. The van der Waals surface area contributed by atoms with Gasteiger partial charge in [0, 0.05) is 96.8 Å². The fourth-order valence-corrected chi connectivity index (χ4v) is 22.1. The third-order valence-corrected chi connectivity index (χ3v) is 27.8. The van der Waals surface area contributed by atoms with Crippen LogP contribution in [0.25, 0.3) is 229 Å². The molecular weight excluding hydrogens is 1580 g/mol. The molecule has 0 saturated heterocycles. The van der Waals surface area contributed by atoms with Gasteiger partial charge in [-0.1, -0.05) is 279 Å². The van der Waals surface area contributed by atoms with Crippen LogP contribution in [0.1, 0.15) is 0 Å². The Balaban J connectivity index is 0.584. The lowest BCUT2D eigenvalue weighted by molar-refractivity contribution is 0.668. The van der Waals surface area contributed by atoms with E-state index in [-0.39, 0.29) is 0 Å². The number of rotatable bonds is 13. The van der Waals surface area contributed by atoms with E-state index in [1.54, 1.807) is 0 Å². The highest BCUT2D eigenvalue weighted by Gasteiger charge is 2.30. The normalized spacial score (nSPS) is 12.1. The molecule has 128 heavy (non-hydrogen) atoms. The molecule has 27 aromatic rings. The smallest absolute Gasteiger partial charge is 0.145 e. The molecule has 27 rings (SSSR count). The summed E-state index contributed by atoms with van der Waals surface area (Å²) in [6.45, 7) is 0. The zero-order chi connectivity index (χ0) is 83.8. The molecule has 0 N–H and O–H groups in total. The van der Waals surface area contributed by atoms with E-state index in [0.717, 1.165) is 199 Å². The molecule has 0 aliphatic heterocycles. The van der Waals surface area contributed by atoms with Gasteiger partial charge in [-0.2, -0.15) is 0 Å². The molecule has 0 saturated carbocycles. The SMILES string of the molecule is c1ccc(-n2c3ccccc3c3c(N(c4ccc(-c5cccc6ccccc56)cc4)c4ccc(-c5ccc6c(c5)sc5ccc(-c7ccc(-n8c9ccccc9c9c(N(c%10ccc(-c%11ccc%12ccccc%12c%11)cc%10)c%10ccc(-c%11ccc%12c(c%11)oc%11ccccc%11%12)c%11oc%12ccccc%12c%10%11)cccc98)c8ccccc78)cc56)c5oc6ccccc6c45)cccc32)cc1. The van der Waals surface area contributed by atoms with Crippen molar-refractivity contribution in [1.82, 2.24) is 9.13 Å². The van der Waals surface area contributed by atoms with E-state index in [0.29, 0.717) is 0 Å². The molecule has 0 spiro atoms. The number of hydrogen-bond donors (Lipinski definition) is 0. The Hall–Kier alpha value is -16.8. The molecule has 6 aromatic heterocycles. The Morgan fingerprint density at radius 3 is 1.33 bits per heavy atom. The van der Waals surface area contributed by atoms with Gasteiger partial charge in [-0.3, -0.25) is 0 Å². The van der Waals surface area contributed by atoms with E-state index in [1.165, 1.54) is 63.6 Å². The maximum atomic E-state index is 7.27. The maximum absolute atomic E-state index is 7.27. The third-order valence-electron chi connectivity index (χ3n) is 26.7. The molecule has 0 aliphatic rings. The minimum atomic E-state index is 0.802. The molecular formula is C120H72N4O3S. The summed E-state index contributed by atoms with van der Waals surface area (Å²) in [5.74, 6) is 0. The zero-order valence-corrected chi connectivity index (χ0v) is 69.8. The van der Waals surface area contributed by atoms with Crippen LogP contribution in [-0.4, -0.2) is 9.13 Å². The van der Waals surface area contributed by atoms with E-state index < -0.39 is 0 Å². The second-order valence-electron chi connectivity index (χ2n) is 33.6. The van der Waals surface area contributed by atoms with Gasteiger partial charge < -0.3 is 32.2 Å². The fraction of sp³-hybridized carbons (Fsp3) is 0. The molecule has 8 heteroatoms. The molecule has 0 bridgehead atoms. The van der Waals surface area contributed by atoms with Gasteiger partial charge in [-0.15, -0.1) is 11.3 Å². The highest BCUT2D eigenvalue weighted by Crippen LogP contribution is 2.55. The number of nitrogens with zero attached hydrogens (tertiary/aromatic N) is 4. The van der Waals surface area contributed by atoms with Gasteiger partial charge in [0.2, 0.25) is 0 Å². The van der Waals surface area contributed by atoms with Crippen LogP contribution >= 0.6 is 11.3 Å². The summed E-state index contributed by atoms with van der Waals surface area (Å²) in [5, 5.41) is 20.5. The van der Waals surface area contributed by atoms with Gasteiger partial charge in [0.05, 0.1) is 61.3 Å². The van der Waals surface area contributed by atoms with E-state index in [2.05, 4.69) is 444 Å². The molecule has 0 fully saturated rings. The molecule has 0 unspecified atom stereocenters. The van der Waals surface area contributed by atoms with E-state index in [9.17, 15) is 0 Å². The molecule has 596 valence electrons. The molecule has 0 aliphatic carbocycles. The summed E-state index contributed by atoms with van der Waals surface area (Å²) in [4.78, 5) is 4.95. The number of furan rings is 3. The quantitative estimate of drug-likeness (QED) is 0.115. The lowest BCUT2D eigenvalue weighted by Gasteiger charge is -2.28. The first kappa shape index (κ1) is 71.8. The summed E-state index contributed by atoms with van der Waals surface area (Å²) < 4.78 is 28.3. The van der Waals surface area contributed by atoms with Crippen LogP contribution in [0.2, 0.25) is 0 Å². The predicted molar refractivity (Wildman–Crippen MR) is 539 cm³/mol. The van der Waals surface area contributed by atoms with Gasteiger partial charge >= 0.3 is 0 Å². The number of aromatic nitrogens is 2. The van der Waals surface area contributed by atoms with Crippen LogP contribution in [-0.2, 0) is 0 Å². The first-order chi connectivity index (χ1) is 63.5. The van der Waals surface area contributed by atoms with E-state index in [1.807, 2.05) is 23.5 Å². The topological polar surface area (TPSA) is 55.8 Å². The Morgan fingerprint density at radius 2 is 0.656 bits per heavy atom. The van der Waals surface area contributed by atoms with Crippen molar-refractivity contribution < 1.29 is 13.3 Å². The molecule has 6 heterocycles. The minimum Gasteiger partial charge on any atom is -0.456 e. The van der Waals surface area contributed by atoms with Crippen LogP contribution in [0, 0.1) is 0 Å². The average Bonchev–Trinajstić information content (AvgIpc) is 1.56. The molecule has 0 amide bonds. The summed E-state index contributed by atoms with van der Waals surface area (Å²) >= 11 is 1.84. The highest BCUT2D eigenvalue weighted by molar-refractivity contribution is 7.25. The number of anilines is 6. The van der Waals surface area contributed by atoms with Crippen molar-refractivity contribution in [3.8, 4) is 67.0 Å². The van der Waals surface area contributed by atoms with Crippen molar-refractivity contribution in [2.45, 2.75) is 0 Å². The number of thiophene rings is 1. The van der Waals surface area contributed by atoms with Gasteiger partial charge in [0.15, 0.2) is 0 Å². The monoisotopic (exact) mass is 1650 g/mol. The van der Waals surface area contributed by atoms with Crippen molar-refractivity contribution >= 4 is 207 Å². The highest BCUT2D eigenvalue weighted by atomic mass is 32.1.